The number of thiophene rings is 1. The quantitative estimate of drug-likeness (QED) is 0.610. The molecule has 0 fully saturated rings. The van der Waals surface area contributed by atoms with Gasteiger partial charge in [0, 0.05) is 29.9 Å². The minimum atomic E-state index is -0.600. The number of allylic oxidation sites excluding steroid dienone is 1. The van der Waals surface area contributed by atoms with Gasteiger partial charge in [-0.15, -0.1) is 11.3 Å². The van der Waals surface area contributed by atoms with Crippen LogP contribution in [0.3, 0.4) is 0 Å². The molecule has 0 unspecified atom stereocenters. The number of ether oxygens (including phenoxy) is 3. The van der Waals surface area contributed by atoms with Crippen molar-refractivity contribution in [3.8, 4) is 0 Å². The van der Waals surface area contributed by atoms with Crippen molar-refractivity contribution in [1.82, 2.24) is 0 Å². The highest BCUT2D eigenvalue weighted by Crippen LogP contribution is 2.41. The third kappa shape index (κ3) is 5.65. The standard InChI is InChI=1S/C22H25FO5S/c1-2-26-22-17(5-3-11-24)18(20-6-4-12-29-20)13-19(28-22)21(25)27-14-15-7-9-16(23)10-8-15/h4,6-10,12-13,17-18,22,24H,2-3,5,11,14H2,1H3/t17-,18-,22+/m1/s1. The lowest BCUT2D eigenvalue weighted by Crippen LogP contribution is -2.36. The molecule has 5 nitrogen and oxygen atoms in total. The predicted octanol–water partition coefficient (Wildman–Crippen LogP) is 4.38. The number of hydrogen-bond acceptors (Lipinski definition) is 6. The summed E-state index contributed by atoms with van der Waals surface area (Å²) in [6.45, 7) is 2.42. The first-order valence-electron chi connectivity index (χ1n) is 9.68. The minimum Gasteiger partial charge on any atom is -0.457 e. The highest BCUT2D eigenvalue weighted by molar-refractivity contribution is 7.10. The van der Waals surface area contributed by atoms with Crippen LogP contribution >= 0.6 is 11.3 Å². The third-order valence-electron chi connectivity index (χ3n) is 4.77. The van der Waals surface area contributed by atoms with Crippen LogP contribution in [0.1, 0.15) is 36.1 Å². The van der Waals surface area contributed by atoms with Gasteiger partial charge in [0.25, 0.3) is 0 Å². The van der Waals surface area contributed by atoms with Crippen LogP contribution in [-0.2, 0) is 25.6 Å². The van der Waals surface area contributed by atoms with Gasteiger partial charge in [0.1, 0.15) is 12.4 Å². The summed E-state index contributed by atoms with van der Waals surface area (Å²) < 4.78 is 30.0. The molecule has 2 heterocycles. The molecule has 0 radical (unpaired) electrons. The Kier molecular flexibility index (Phi) is 7.80. The molecule has 1 N–H and O–H groups in total. The molecule has 0 aliphatic carbocycles. The van der Waals surface area contributed by atoms with Crippen molar-refractivity contribution in [2.24, 2.45) is 5.92 Å². The Morgan fingerprint density at radius 1 is 1.28 bits per heavy atom. The summed E-state index contributed by atoms with van der Waals surface area (Å²) in [7, 11) is 0. The molecule has 7 heteroatoms. The normalized spacial score (nSPS) is 21.3. The molecule has 1 aromatic heterocycles. The van der Waals surface area contributed by atoms with Crippen LogP contribution < -0.4 is 0 Å². The average molecular weight is 421 g/mol. The summed E-state index contributed by atoms with van der Waals surface area (Å²) in [5.41, 5.74) is 0.688. The largest absolute Gasteiger partial charge is 0.457 e. The number of esters is 1. The van der Waals surface area contributed by atoms with Crippen molar-refractivity contribution in [3.63, 3.8) is 0 Å². The molecule has 156 valence electrons. The number of hydrogen-bond donors (Lipinski definition) is 1. The molecular weight excluding hydrogens is 395 g/mol. The molecule has 0 saturated heterocycles. The van der Waals surface area contributed by atoms with Crippen molar-refractivity contribution >= 4 is 17.3 Å². The van der Waals surface area contributed by atoms with E-state index in [1.165, 1.54) is 12.1 Å². The van der Waals surface area contributed by atoms with Crippen molar-refractivity contribution in [1.29, 1.82) is 0 Å². The first kappa shape index (κ1) is 21.5. The van der Waals surface area contributed by atoms with E-state index in [0.29, 0.717) is 25.0 Å². The SMILES string of the molecule is CCO[C@H]1OC(C(=O)OCc2ccc(F)cc2)=C[C@@H](c2cccs2)[C@H]1CCCO. The van der Waals surface area contributed by atoms with E-state index in [-0.39, 0.29) is 36.6 Å². The fourth-order valence-corrected chi connectivity index (χ4v) is 4.23. The molecule has 0 amide bonds. The Bertz CT molecular complexity index is 803. The van der Waals surface area contributed by atoms with Crippen molar-refractivity contribution < 1.29 is 28.5 Å². The van der Waals surface area contributed by atoms with Gasteiger partial charge in [0.05, 0.1) is 0 Å². The van der Waals surface area contributed by atoms with Gasteiger partial charge >= 0.3 is 5.97 Å². The highest BCUT2D eigenvalue weighted by Gasteiger charge is 2.38. The Labute approximate surface area is 173 Å². The summed E-state index contributed by atoms with van der Waals surface area (Å²) in [4.78, 5) is 13.7. The van der Waals surface area contributed by atoms with E-state index < -0.39 is 12.3 Å². The molecule has 1 aliphatic heterocycles. The summed E-state index contributed by atoms with van der Waals surface area (Å²) >= 11 is 1.61. The number of aliphatic hydroxyl groups excluding tert-OH is 1. The highest BCUT2D eigenvalue weighted by atomic mass is 32.1. The van der Waals surface area contributed by atoms with Crippen LogP contribution in [0.5, 0.6) is 0 Å². The Morgan fingerprint density at radius 2 is 2.07 bits per heavy atom. The fraction of sp³-hybridized carbons (Fsp3) is 0.409. The zero-order valence-electron chi connectivity index (χ0n) is 16.3. The van der Waals surface area contributed by atoms with Crippen molar-refractivity contribution in [2.45, 2.75) is 38.6 Å². The van der Waals surface area contributed by atoms with Gasteiger partial charge in [-0.2, -0.15) is 0 Å². The van der Waals surface area contributed by atoms with Crippen LogP contribution in [0.15, 0.2) is 53.6 Å². The Morgan fingerprint density at radius 3 is 2.72 bits per heavy atom. The zero-order chi connectivity index (χ0) is 20.6. The molecule has 3 rings (SSSR count). The van der Waals surface area contributed by atoms with E-state index in [2.05, 4.69) is 0 Å². The van der Waals surface area contributed by atoms with Gasteiger partial charge in [0.15, 0.2) is 0 Å². The molecule has 29 heavy (non-hydrogen) atoms. The van der Waals surface area contributed by atoms with Crippen LogP contribution in [-0.4, -0.2) is 30.6 Å². The summed E-state index contributed by atoms with van der Waals surface area (Å²) in [5, 5.41) is 11.3. The molecule has 0 spiro atoms. The van der Waals surface area contributed by atoms with E-state index in [1.54, 1.807) is 29.5 Å². The van der Waals surface area contributed by atoms with Gasteiger partial charge in [-0.25, -0.2) is 9.18 Å². The number of carbonyl (C=O) groups excluding carboxylic acids is 1. The third-order valence-corrected chi connectivity index (χ3v) is 5.74. The number of rotatable bonds is 9. The minimum absolute atomic E-state index is 0.0191. The maximum absolute atomic E-state index is 13.0. The van der Waals surface area contributed by atoms with E-state index in [4.69, 9.17) is 14.2 Å². The topological polar surface area (TPSA) is 65.0 Å². The molecule has 1 aromatic carbocycles. The summed E-state index contributed by atoms with van der Waals surface area (Å²) in [6.07, 6.45) is 2.52. The van der Waals surface area contributed by atoms with Crippen molar-refractivity contribution in [2.75, 3.05) is 13.2 Å². The molecule has 0 bridgehead atoms. The number of benzene rings is 1. The monoisotopic (exact) mass is 420 g/mol. The predicted molar refractivity (Wildman–Crippen MR) is 108 cm³/mol. The first-order chi connectivity index (χ1) is 14.1. The number of carbonyl (C=O) groups is 1. The van der Waals surface area contributed by atoms with E-state index in [0.717, 1.165) is 4.88 Å². The van der Waals surface area contributed by atoms with Gasteiger partial charge in [-0.3, -0.25) is 0 Å². The molecule has 3 atom stereocenters. The molecule has 1 aliphatic rings. The lowest BCUT2D eigenvalue weighted by atomic mass is 9.84. The Balaban J connectivity index is 1.78. The van der Waals surface area contributed by atoms with Gasteiger partial charge in [-0.05, 0) is 55.0 Å². The van der Waals surface area contributed by atoms with E-state index in [1.807, 2.05) is 24.4 Å². The van der Waals surface area contributed by atoms with E-state index in [9.17, 15) is 14.3 Å². The zero-order valence-corrected chi connectivity index (χ0v) is 17.1. The maximum atomic E-state index is 13.0. The molecular formula is C22H25FO5S. The lowest BCUT2D eigenvalue weighted by Gasteiger charge is -2.36. The maximum Gasteiger partial charge on any atom is 0.373 e. The molecule has 2 aromatic rings. The lowest BCUT2D eigenvalue weighted by molar-refractivity contribution is -0.176. The van der Waals surface area contributed by atoms with Crippen LogP contribution in [0.25, 0.3) is 0 Å². The van der Waals surface area contributed by atoms with Crippen molar-refractivity contribution in [3.05, 3.63) is 69.9 Å². The number of halogens is 1. The van der Waals surface area contributed by atoms with Crippen LogP contribution in [0.4, 0.5) is 4.39 Å². The van der Waals surface area contributed by atoms with Gasteiger partial charge < -0.3 is 19.3 Å². The number of aliphatic hydroxyl groups is 1. The fourth-order valence-electron chi connectivity index (χ4n) is 3.36. The summed E-state index contributed by atoms with van der Waals surface area (Å²) in [5.74, 6) is -0.898. The second kappa shape index (κ2) is 10.5. The average Bonchev–Trinajstić information content (AvgIpc) is 3.26. The summed E-state index contributed by atoms with van der Waals surface area (Å²) in [6, 6.07) is 9.77. The van der Waals surface area contributed by atoms with Gasteiger partial charge in [-0.1, -0.05) is 18.2 Å². The first-order valence-corrected chi connectivity index (χ1v) is 10.6. The molecule has 0 saturated carbocycles. The van der Waals surface area contributed by atoms with Crippen LogP contribution in [0, 0.1) is 11.7 Å². The van der Waals surface area contributed by atoms with E-state index >= 15 is 0 Å². The smallest absolute Gasteiger partial charge is 0.373 e. The second-order valence-corrected chi connectivity index (χ2v) is 7.73. The second-order valence-electron chi connectivity index (χ2n) is 6.75. The Hall–Kier alpha value is -2.22. The van der Waals surface area contributed by atoms with Crippen LogP contribution in [0.2, 0.25) is 0 Å². The van der Waals surface area contributed by atoms with Gasteiger partial charge in [0.2, 0.25) is 12.0 Å².